The lowest BCUT2D eigenvalue weighted by Crippen LogP contribution is -2.40. The van der Waals surface area contributed by atoms with E-state index in [1.165, 1.54) is 0 Å². The van der Waals surface area contributed by atoms with Crippen molar-refractivity contribution in [1.29, 1.82) is 0 Å². The molecule has 2 N–H and O–H groups in total. The van der Waals surface area contributed by atoms with Crippen LogP contribution in [0, 0.1) is 5.92 Å². The first-order valence-corrected chi connectivity index (χ1v) is 7.69. The number of ether oxygens (including phenoxy) is 1. The second-order valence-corrected chi connectivity index (χ2v) is 5.82. The maximum atomic E-state index is 12.2. The molecule has 3 heterocycles. The Morgan fingerprint density at radius 3 is 2.90 bits per heavy atom. The Balaban J connectivity index is 1.57. The quantitative estimate of drug-likeness (QED) is 0.862. The fourth-order valence-corrected chi connectivity index (χ4v) is 2.97. The molecule has 0 aliphatic carbocycles. The minimum absolute atomic E-state index is 0.0898. The molecule has 2 unspecified atom stereocenters. The largest absolute Gasteiger partial charge is 0.381 e. The lowest BCUT2D eigenvalue weighted by Gasteiger charge is -2.27. The van der Waals surface area contributed by atoms with Crippen LogP contribution in [0.3, 0.4) is 0 Å². The molecule has 2 fully saturated rings. The van der Waals surface area contributed by atoms with E-state index in [1.54, 1.807) is 0 Å². The van der Waals surface area contributed by atoms with Crippen molar-refractivity contribution in [2.45, 2.75) is 44.7 Å². The fourth-order valence-electron chi connectivity index (χ4n) is 2.97. The molecule has 1 aromatic rings. The van der Waals surface area contributed by atoms with Gasteiger partial charge in [-0.05, 0) is 45.1 Å². The first-order chi connectivity index (χ1) is 10.2. The molecule has 21 heavy (non-hydrogen) atoms. The Morgan fingerprint density at radius 1 is 1.38 bits per heavy atom. The van der Waals surface area contributed by atoms with Crippen molar-refractivity contribution in [3.05, 3.63) is 11.7 Å². The van der Waals surface area contributed by atoms with Gasteiger partial charge in [-0.15, -0.1) is 0 Å². The van der Waals surface area contributed by atoms with Gasteiger partial charge in [0.2, 0.25) is 5.89 Å². The van der Waals surface area contributed by atoms with Crippen molar-refractivity contribution in [3.63, 3.8) is 0 Å². The van der Waals surface area contributed by atoms with E-state index in [9.17, 15) is 4.79 Å². The van der Waals surface area contributed by atoms with Crippen molar-refractivity contribution in [2.75, 3.05) is 19.8 Å². The van der Waals surface area contributed by atoms with Gasteiger partial charge in [0.05, 0.1) is 6.04 Å². The first-order valence-electron chi connectivity index (χ1n) is 7.69. The van der Waals surface area contributed by atoms with Crippen molar-refractivity contribution < 1.29 is 14.1 Å². The Morgan fingerprint density at radius 2 is 2.19 bits per heavy atom. The van der Waals surface area contributed by atoms with Crippen LogP contribution >= 0.6 is 0 Å². The molecule has 2 aliphatic rings. The second kappa shape index (κ2) is 6.53. The molecule has 1 aromatic heterocycles. The van der Waals surface area contributed by atoms with Gasteiger partial charge in [-0.1, -0.05) is 5.16 Å². The van der Waals surface area contributed by atoms with Crippen molar-refractivity contribution in [3.8, 4) is 0 Å². The molecule has 3 rings (SSSR count). The first kappa shape index (κ1) is 14.5. The molecule has 0 saturated carbocycles. The van der Waals surface area contributed by atoms with Crippen molar-refractivity contribution >= 4 is 5.91 Å². The number of nitrogens with one attached hydrogen (secondary N) is 2. The Bertz CT molecular complexity index is 478. The summed E-state index contributed by atoms with van der Waals surface area (Å²) in [6, 6.07) is 0.180. The van der Waals surface area contributed by atoms with Gasteiger partial charge in [0.15, 0.2) is 0 Å². The van der Waals surface area contributed by atoms with E-state index in [0.29, 0.717) is 11.8 Å². The summed E-state index contributed by atoms with van der Waals surface area (Å²) in [6.45, 7) is 4.51. The van der Waals surface area contributed by atoms with Crippen LogP contribution < -0.4 is 10.6 Å². The average Bonchev–Trinajstić information content (AvgIpc) is 3.19. The predicted molar refractivity (Wildman–Crippen MR) is 74.7 cm³/mol. The zero-order valence-electron chi connectivity index (χ0n) is 12.3. The number of rotatable bonds is 4. The van der Waals surface area contributed by atoms with E-state index in [2.05, 4.69) is 20.8 Å². The highest BCUT2D eigenvalue weighted by molar-refractivity contribution is 5.90. The van der Waals surface area contributed by atoms with Crippen LogP contribution in [-0.2, 0) is 4.74 Å². The molecule has 1 amide bonds. The maximum Gasteiger partial charge on any atom is 0.292 e. The van der Waals surface area contributed by atoms with Gasteiger partial charge in [-0.3, -0.25) is 4.79 Å². The Hall–Kier alpha value is -1.47. The SMILES string of the molecule is CC(NC(=O)c1noc(C2CCCN2)n1)C1CCOCC1. The normalized spacial score (nSPS) is 24.9. The summed E-state index contributed by atoms with van der Waals surface area (Å²) in [4.78, 5) is 16.4. The lowest BCUT2D eigenvalue weighted by molar-refractivity contribution is 0.0536. The van der Waals surface area contributed by atoms with E-state index in [0.717, 1.165) is 45.4 Å². The highest BCUT2D eigenvalue weighted by Crippen LogP contribution is 2.21. The van der Waals surface area contributed by atoms with E-state index in [1.807, 2.05) is 6.92 Å². The number of carbonyl (C=O) groups is 1. The van der Waals surface area contributed by atoms with Gasteiger partial charge in [-0.25, -0.2) is 0 Å². The molecule has 7 nitrogen and oxygen atoms in total. The summed E-state index contributed by atoms with van der Waals surface area (Å²) >= 11 is 0. The molecule has 7 heteroatoms. The zero-order valence-corrected chi connectivity index (χ0v) is 12.3. The average molecular weight is 294 g/mol. The number of nitrogens with zero attached hydrogens (tertiary/aromatic N) is 2. The van der Waals surface area contributed by atoms with Gasteiger partial charge in [0.25, 0.3) is 11.7 Å². The number of aromatic nitrogens is 2. The predicted octanol–water partition coefficient (Wildman–Crippen LogP) is 1.04. The summed E-state index contributed by atoms with van der Waals surface area (Å²) in [7, 11) is 0. The maximum absolute atomic E-state index is 12.2. The van der Waals surface area contributed by atoms with Gasteiger partial charge >= 0.3 is 0 Å². The standard InChI is InChI=1S/C14H22N4O3/c1-9(10-4-7-20-8-5-10)16-13(19)12-17-14(21-18-12)11-3-2-6-15-11/h9-11,15H,2-8H2,1H3,(H,16,19). The molecule has 116 valence electrons. The van der Waals surface area contributed by atoms with Gasteiger partial charge < -0.3 is 19.9 Å². The molecule has 2 atom stereocenters. The lowest BCUT2D eigenvalue weighted by atomic mass is 9.93. The van der Waals surface area contributed by atoms with Crippen molar-refractivity contribution in [2.24, 2.45) is 5.92 Å². The third kappa shape index (κ3) is 3.41. The Labute approximate surface area is 123 Å². The molecule has 0 bridgehead atoms. The second-order valence-electron chi connectivity index (χ2n) is 5.82. The van der Waals surface area contributed by atoms with Crippen molar-refractivity contribution in [1.82, 2.24) is 20.8 Å². The number of hydrogen-bond acceptors (Lipinski definition) is 6. The number of amides is 1. The minimum atomic E-state index is -0.262. The van der Waals surface area contributed by atoms with Crippen LogP contribution in [-0.4, -0.2) is 41.8 Å². The fraction of sp³-hybridized carbons (Fsp3) is 0.786. The van der Waals surface area contributed by atoms with Gasteiger partial charge in [0, 0.05) is 19.3 Å². The zero-order chi connectivity index (χ0) is 14.7. The highest BCUT2D eigenvalue weighted by Gasteiger charge is 2.26. The molecule has 0 aromatic carbocycles. The van der Waals surface area contributed by atoms with Crippen LogP contribution in [0.5, 0.6) is 0 Å². The molecule has 2 saturated heterocycles. The summed E-state index contributed by atoms with van der Waals surface area (Å²) in [6.07, 6.45) is 4.02. The summed E-state index contributed by atoms with van der Waals surface area (Å²) in [5, 5.41) is 10.0. The van der Waals surface area contributed by atoms with E-state index in [-0.39, 0.29) is 23.8 Å². The number of hydrogen-bond donors (Lipinski definition) is 2. The van der Waals surface area contributed by atoms with Crippen LogP contribution in [0.4, 0.5) is 0 Å². The summed E-state index contributed by atoms with van der Waals surface area (Å²) < 4.78 is 10.5. The molecule has 0 radical (unpaired) electrons. The third-order valence-electron chi connectivity index (χ3n) is 4.34. The van der Waals surface area contributed by atoms with Crippen LogP contribution in [0.2, 0.25) is 0 Å². The minimum Gasteiger partial charge on any atom is -0.381 e. The molecular weight excluding hydrogens is 272 g/mol. The summed E-state index contributed by atoms with van der Waals surface area (Å²) in [5.41, 5.74) is 0. The smallest absolute Gasteiger partial charge is 0.292 e. The van der Waals surface area contributed by atoms with Gasteiger partial charge in [-0.2, -0.15) is 4.98 Å². The molecular formula is C14H22N4O3. The topological polar surface area (TPSA) is 89.3 Å². The summed E-state index contributed by atoms with van der Waals surface area (Å²) in [5.74, 6) is 0.821. The third-order valence-corrected chi connectivity index (χ3v) is 4.34. The molecule has 0 spiro atoms. The Kier molecular flexibility index (Phi) is 4.50. The monoisotopic (exact) mass is 294 g/mol. The van der Waals surface area contributed by atoms with Crippen LogP contribution in [0.1, 0.15) is 55.2 Å². The highest BCUT2D eigenvalue weighted by atomic mass is 16.5. The molecule has 2 aliphatic heterocycles. The number of carbonyl (C=O) groups excluding carboxylic acids is 1. The van der Waals surface area contributed by atoms with E-state index < -0.39 is 0 Å². The van der Waals surface area contributed by atoms with E-state index >= 15 is 0 Å². The van der Waals surface area contributed by atoms with Gasteiger partial charge in [0.1, 0.15) is 0 Å². The van der Waals surface area contributed by atoms with Crippen LogP contribution in [0.15, 0.2) is 4.52 Å². The van der Waals surface area contributed by atoms with E-state index in [4.69, 9.17) is 9.26 Å². The van der Waals surface area contributed by atoms with Crippen LogP contribution in [0.25, 0.3) is 0 Å².